The number of rotatable bonds is 14. The predicted octanol–water partition coefficient (Wildman–Crippen LogP) is 3.41. The molecule has 2 amide bonds. The van der Waals surface area contributed by atoms with Gasteiger partial charge >= 0.3 is 0 Å². The minimum Gasteiger partial charge on any atom is -0.379 e. The number of carbonyl (C=O) groups is 2. The van der Waals surface area contributed by atoms with E-state index in [0.717, 1.165) is 19.4 Å². The number of nitrogens with zero attached hydrogens (tertiary/aromatic N) is 2. The van der Waals surface area contributed by atoms with Crippen LogP contribution in [0.4, 0.5) is 0 Å². The van der Waals surface area contributed by atoms with Gasteiger partial charge < -0.3 is 15.0 Å². The highest BCUT2D eigenvalue weighted by Crippen LogP contribution is 2.21. The van der Waals surface area contributed by atoms with Crippen molar-refractivity contribution < 1.29 is 14.3 Å². The topological polar surface area (TPSA) is 61.9 Å². The molecule has 0 aliphatic heterocycles. The smallest absolute Gasteiger partial charge is 0.245 e. The van der Waals surface area contributed by atoms with Gasteiger partial charge in [0.15, 0.2) is 0 Å². The number of likely N-dealkylation sites (N-methyl/N-ethyl adjacent to an activating group) is 2. The first-order valence-corrected chi connectivity index (χ1v) is 11.7. The molecule has 0 saturated heterocycles. The predicted molar refractivity (Wildman–Crippen MR) is 129 cm³/mol. The van der Waals surface area contributed by atoms with Crippen LogP contribution in [-0.4, -0.2) is 73.6 Å². The molecule has 0 aliphatic rings. The molecule has 0 saturated carbocycles. The Morgan fingerprint density at radius 3 is 2.00 bits per heavy atom. The Hall–Kier alpha value is -1.58. The summed E-state index contributed by atoms with van der Waals surface area (Å²) in [5.74, 6) is 2.76. The summed E-state index contributed by atoms with van der Waals surface area (Å²) >= 11 is 0. The van der Waals surface area contributed by atoms with E-state index in [2.05, 4.69) is 32.0 Å². The fraction of sp³-hybridized carbons (Fsp3) is 0.840. The fourth-order valence-electron chi connectivity index (χ4n) is 4.37. The van der Waals surface area contributed by atoms with Crippen LogP contribution >= 0.6 is 0 Å². The van der Waals surface area contributed by atoms with E-state index >= 15 is 0 Å². The second kappa shape index (κ2) is 14.5. The monoisotopic (exact) mass is 437 g/mol. The quantitative estimate of drug-likeness (QED) is 0.334. The van der Waals surface area contributed by atoms with Crippen molar-refractivity contribution in [3.63, 3.8) is 0 Å². The minimum atomic E-state index is -0.589. The molecular formula is C25H47N3O3. The Morgan fingerprint density at radius 2 is 1.61 bits per heavy atom. The lowest BCUT2D eigenvalue weighted by molar-refractivity contribution is -0.143. The van der Waals surface area contributed by atoms with Crippen LogP contribution in [0.25, 0.3) is 0 Å². The van der Waals surface area contributed by atoms with Gasteiger partial charge in [-0.05, 0) is 44.2 Å². The molecule has 1 N–H and O–H groups in total. The van der Waals surface area contributed by atoms with Crippen molar-refractivity contribution in [2.45, 2.75) is 92.0 Å². The lowest BCUT2D eigenvalue weighted by Gasteiger charge is -2.39. The van der Waals surface area contributed by atoms with Crippen LogP contribution in [0.3, 0.4) is 0 Å². The summed E-state index contributed by atoms with van der Waals surface area (Å²) in [6, 6.07) is -0.971. The Bertz CT molecular complexity index is 579. The molecule has 0 aromatic heterocycles. The van der Waals surface area contributed by atoms with Crippen molar-refractivity contribution in [3.05, 3.63) is 0 Å². The van der Waals surface area contributed by atoms with E-state index in [1.807, 2.05) is 46.7 Å². The van der Waals surface area contributed by atoms with Crippen LogP contribution < -0.4 is 5.32 Å². The number of carbonyl (C=O) groups excluding carboxylic acids is 2. The van der Waals surface area contributed by atoms with Crippen molar-refractivity contribution >= 4 is 11.8 Å². The van der Waals surface area contributed by atoms with Gasteiger partial charge in [-0.1, -0.05) is 48.5 Å². The van der Waals surface area contributed by atoms with Crippen LogP contribution in [-0.2, 0) is 14.3 Å². The first-order valence-electron chi connectivity index (χ1n) is 11.7. The van der Waals surface area contributed by atoms with Crippen LogP contribution in [0, 0.1) is 30.1 Å². The van der Waals surface area contributed by atoms with Crippen LogP contribution in [0.5, 0.6) is 0 Å². The van der Waals surface area contributed by atoms with Gasteiger partial charge in [0, 0.05) is 20.6 Å². The van der Waals surface area contributed by atoms with Crippen molar-refractivity contribution in [2.75, 3.05) is 27.7 Å². The average Bonchev–Trinajstić information content (AvgIpc) is 2.68. The molecule has 0 heterocycles. The summed E-state index contributed by atoms with van der Waals surface area (Å²) in [5.41, 5.74) is 0. The second-order valence-corrected chi connectivity index (χ2v) is 9.57. The average molecular weight is 438 g/mol. The highest BCUT2D eigenvalue weighted by molar-refractivity contribution is 5.90. The lowest BCUT2D eigenvalue weighted by atomic mass is 9.93. The van der Waals surface area contributed by atoms with Crippen LogP contribution in [0.1, 0.15) is 67.7 Å². The Kier molecular flexibility index (Phi) is 13.7. The molecule has 0 bridgehead atoms. The van der Waals surface area contributed by atoms with Gasteiger partial charge in [0.2, 0.25) is 11.8 Å². The molecule has 180 valence electrons. The summed E-state index contributed by atoms with van der Waals surface area (Å²) in [7, 11) is 5.45. The molecule has 6 heteroatoms. The number of hydrogen-bond donors (Lipinski definition) is 1. The SMILES string of the molecule is C#CCCCN(C)C(C(=O)NC(C(=O)N(C)C(C(C)C)C(CC)OC)C(C)C)C(C)C. The van der Waals surface area contributed by atoms with Crippen molar-refractivity contribution in [3.8, 4) is 12.3 Å². The summed E-state index contributed by atoms with van der Waals surface area (Å²) in [5, 5.41) is 3.07. The molecule has 4 atom stereocenters. The molecule has 0 spiro atoms. The van der Waals surface area contributed by atoms with E-state index in [0.29, 0.717) is 6.42 Å². The molecule has 31 heavy (non-hydrogen) atoms. The Morgan fingerprint density at radius 1 is 1.03 bits per heavy atom. The number of hydrogen-bond acceptors (Lipinski definition) is 4. The van der Waals surface area contributed by atoms with Gasteiger partial charge in [-0.25, -0.2) is 0 Å². The molecule has 6 nitrogen and oxygen atoms in total. The van der Waals surface area contributed by atoms with Gasteiger partial charge in [0.05, 0.1) is 18.2 Å². The molecule has 0 fully saturated rings. The Balaban J connectivity index is 5.59. The molecule has 0 radical (unpaired) electrons. The number of unbranched alkanes of at least 4 members (excludes halogenated alkanes) is 1. The summed E-state index contributed by atoms with van der Waals surface area (Å²) in [4.78, 5) is 30.6. The third-order valence-corrected chi connectivity index (χ3v) is 6.00. The molecule has 0 aromatic carbocycles. The zero-order valence-corrected chi connectivity index (χ0v) is 21.6. The van der Waals surface area contributed by atoms with E-state index in [-0.39, 0.29) is 47.8 Å². The minimum absolute atomic E-state index is 0.0334. The van der Waals surface area contributed by atoms with Crippen molar-refractivity contribution in [2.24, 2.45) is 17.8 Å². The highest BCUT2D eigenvalue weighted by Gasteiger charge is 2.37. The van der Waals surface area contributed by atoms with E-state index < -0.39 is 6.04 Å². The van der Waals surface area contributed by atoms with Crippen molar-refractivity contribution in [1.82, 2.24) is 15.1 Å². The third-order valence-electron chi connectivity index (χ3n) is 6.00. The molecule has 0 rings (SSSR count). The van der Waals surface area contributed by atoms with Crippen molar-refractivity contribution in [1.29, 1.82) is 0 Å². The third kappa shape index (κ3) is 8.82. The number of ether oxygens (including phenoxy) is 1. The lowest BCUT2D eigenvalue weighted by Crippen LogP contribution is -2.59. The number of methoxy groups -OCH3 is 1. The van der Waals surface area contributed by atoms with Gasteiger partial charge in [-0.2, -0.15) is 0 Å². The fourth-order valence-corrected chi connectivity index (χ4v) is 4.37. The zero-order valence-electron chi connectivity index (χ0n) is 21.6. The maximum absolute atomic E-state index is 13.5. The van der Waals surface area contributed by atoms with Gasteiger partial charge in [-0.15, -0.1) is 12.3 Å². The van der Waals surface area contributed by atoms with E-state index in [1.165, 1.54) is 0 Å². The van der Waals surface area contributed by atoms with E-state index in [1.54, 1.807) is 12.0 Å². The second-order valence-electron chi connectivity index (χ2n) is 9.57. The number of nitrogens with one attached hydrogen (secondary N) is 1. The molecule has 0 aliphatic carbocycles. The van der Waals surface area contributed by atoms with Crippen LogP contribution in [0.15, 0.2) is 0 Å². The molecule has 4 unspecified atom stereocenters. The Labute approximate surface area is 191 Å². The van der Waals surface area contributed by atoms with Gasteiger partial charge in [0.25, 0.3) is 0 Å². The first kappa shape index (κ1) is 29.4. The normalized spacial score (nSPS) is 15.6. The van der Waals surface area contributed by atoms with Gasteiger partial charge in [-0.3, -0.25) is 14.5 Å². The standard InChI is InChI=1S/C25H47N3O3/c1-12-14-15-16-27(9)23(19(7)8)24(29)26-21(17(3)4)25(30)28(10)22(18(5)6)20(13-2)31-11/h1,17-23H,13-16H2,2-11H3,(H,26,29). The number of terminal acetylenes is 1. The maximum Gasteiger partial charge on any atom is 0.245 e. The zero-order chi connectivity index (χ0) is 24.3. The highest BCUT2D eigenvalue weighted by atomic mass is 16.5. The van der Waals surface area contributed by atoms with E-state index in [9.17, 15) is 9.59 Å². The summed E-state index contributed by atoms with van der Waals surface area (Å²) in [6.07, 6.45) is 7.64. The molecular weight excluding hydrogens is 390 g/mol. The summed E-state index contributed by atoms with van der Waals surface area (Å²) in [6.45, 7) is 15.0. The first-order chi connectivity index (χ1) is 14.4. The van der Waals surface area contributed by atoms with Gasteiger partial charge in [0.1, 0.15) is 6.04 Å². The van der Waals surface area contributed by atoms with Crippen LogP contribution in [0.2, 0.25) is 0 Å². The number of amides is 2. The maximum atomic E-state index is 13.5. The van der Waals surface area contributed by atoms with E-state index in [4.69, 9.17) is 11.2 Å². The summed E-state index contributed by atoms with van der Waals surface area (Å²) < 4.78 is 5.66. The largest absolute Gasteiger partial charge is 0.379 e. The molecule has 0 aromatic rings.